The first-order valence-corrected chi connectivity index (χ1v) is 18.4. The molecule has 5 aromatic rings. The smallest absolute Gasteiger partial charge is 0.328 e. The maximum atomic E-state index is 12.9. The van der Waals surface area contributed by atoms with Gasteiger partial charge in [-0.25, -0.2) is 9.59 Å². The molecule has 54 heavy (non-hydrogen) atoms. The second-order valence-electron chi connectivity index (χ2n) is 13.9. The first kappa shape index (κ1) is 38.4. The number of likely N-dealkylation sites (N-methyl/N-ethyl adjacent to an activating group) is 1. The van der Waals surface area contributed by atoms with Crippen molar-refractivity contribution in [1.29, 1.82) is 0 Å². The Hall–Kier alpha value is -5.32. The fourth-order valence-electron chi connectivity index (χ4n) is 6.90. The molecule has 9 heteroatoms. The SMILES string of the molecule is COC(=O)C(Cc1ccccc1)NC(=O)NCc1cccc(-c2cccc(C3OC(CN(C)Cc4ccccc4)C(C)C(c4ccc(CO)cc4)O3)c2)c1. The van der Waals surface area contributed by atoms with Crippen LogP contribution in [-0.4, -0.2) is 54.9 Å². The molecule has 1 saturated heterocycles. The molecule has 5 atom stereocenters. The van der Waals surface area contributed by atoms with E-state index in [1.54, 1.807) is 0 Å². The number of carbonyl (C=O) groups excluding carboxylic acids is 2. The van der Waals surface area contributed by atoms with Crippen LogP contribution in [0, 0.1) is 5.92 Å². The van der Waals surface area contributed by atoms with Crippen molar-refractivity contribution in [1.82, 2.24) is 15.5 Å². The van der Waals surface area contributed by atoms with Crippen LogP contribution in [0.15, 0.2) is 133 Å². The fourth-order valence-corrected chi connectivity index (χ4v) is 6.90. The van der Waals surface area contributed by atoms with Gasteiger partial charge in [0.25, 0.3) is 0 Å². The number of aliphatic hydroxyl groups excluding tert-OH is 1. The minimum atomic E-state index is -0.818. The Bertz CT molecular complexity index is 1960. The average Bonchev–Trinajstić information content (AvgIpc) is 3.21. The molecule has 1 fully saturated rings. The van der Waals surface area contributed by atoms with E-state index in [0.29, 0.717) is 6.42 Å². The highest BCUT2D eigenvalue weighted by atomic mass is 16.7. The third kappa shape index (κ3) is 10.2. The highest BCUT2D eigenvalue weighted by Crippen LogP contribution is 2.42. The Labute approximate surface area is 317 Å². The molecule has 0 spiro atoms. The van der Waals surface area contributed by atoms with Gasteiger partial charge in [0.05, 0.1) is 25.9 Å². The molecule has 1 aliphatic heterocycles. The quantitative estimate of drug-likeness (QED) is 0.103. The third-order valence-corrected chi connectivity index (χ3v) is 9.86. The van der Waals surface area contributed by atoms with E-state index in [1.807, 2.05) is 97.1 Å². The number of esters is 1. The lowest BCUT2D eigenvalue weighted by molar-refractivity contribution is -0.276. The third-order valence-electron chi connectivity index (χ3n) is 9.86. The number of hydrogen-bond acceptors (Lipinski definition) is 7. The van der Waals surface area contributed by atoms with Gasteiger partial charge in [0, 0.05) is 37.5 Å². The van der Waals surface area contributed by atoms with E-state index in [2.05, 4.69) is 65.9 Å². The van der Waals surface area contributed by atoms with Gasteiger partial charge in [0.1, 0.15) is 6.04 Å². The highest BCUT2D eigenvalue weighted by molar-refractivity contribution is 5.83. The van der Waals surface area contributed by atoms with Gasteiger partial charge >= 0.3 is 12.0 Å². The van der Waals surface area contributed by atoms with E-state index in [1.165, 1.54) is 12.7 Å². The van der Waals surface area contributed by atoms with E-state index in [-0.39, 0.29) is 31.3 Å². The Morgan fingerprint density at radius 2 is 1.41 bits per heavy atom. The number of aliphatic hydroxyl groups is 1. The van der Waals surface area contributed by atoms with Crippen LogP contribution < -0.4 is 10.6 Å². The lowest BCUT2D eigenvalue weighted by Gasteiger charge is -2.42. The second kappa shape index (κ2) is 18.6. The van der Waals surface area contributed by atoms with Gasteiger partial charge in [0.15, 0.2) is 6.29 Å². The number of urea groups is 1. The zero-order valence-corrected chi connectivity index (χ0v) is 31.1. The number of nitrogens with one attached hydrogen (secondary N) is 2. The van der Waals surface area contributed by atoms with Crippen molar-refractivity contribution in [2.45, 2.75) is 57.6 Å². The summed E-state index contributed by atoms with van der Waals surface area (Å²) in [5.74, 6) is -0.446. The standard InChI is InChI=1S/C45H49N3O6/c1-31-41(29-48(2)28-33-14-8-5-9-15-33)53-44(54-42(31)36-22-20-34(30-49)21-23-36)39-19-11-18-38(26-39)37-17-10-16-35(24-37)27-46-45(51)47-40(43(50)52-3)25-32-12-6-4-7-13-32/h4-24,26,31,40-42,44,49H,25,27-30H2,1-3H3,(H2,46,47,51). The van der Waals surface area contributed by atoms with E-state index < -0.39 is 24.3 Å². The van der Waals surface area contributed by atoms with E-state index in [0.717, 1.165) is 52.0 Å². The summed E-state index contributed by atoms with van der Waals surface area (Å²) in [6.07, 6.45) is -0.619. The topological polar surface area (TPSA) is 109 Å². The molecule has 0 saturated carbocycles. The van der Waals surface area contributed by atoms with E-state index in [9.17, 15) is 14.7 Å². The van der Waals surface area contributed by atoms with Crippen molar-refractivity contribution >= 4 is 12.0 Å². The number of carbonyl (C=O) groups is 2. The Kier molecular flexibility index (Phi) is 13.2. The van der Waals surface area contributed by atoms with Crippen LogP contribution in [0.3, 0.4) is 0 Å². The Balaban J connectivity index is 1.16. The molecule has 3 N–H and O–H groups in total. The molecule has 5 aromatic carbocycles. The second-order valence-corrected chi connectivity index (χ2v) is 13.9. The van der Waals surface area contributed by atoms with Crippen LogP contribution >= 0.6 is 0 Å². The zero-order valence-electron chi connectivity index (χ0n) is 31.1. The van der Waals surface area contributed by atoms with Gasteiger partial charge in [-0.15, -0.1) is 0 Å². The molecule has 9 nitrogen and oxygen atoms in total. The lowest BCUT2D eigenvalue weighted by atomic mass is 9.90. The van der Waals surface area contributed by atoms with Gasteiger partial charge in [-0.1, -0.05) is 128 Å². The predicted octanol–water partition coefficient (Wildman–Crippen LogP) is 7.35. The first-order chi connectivity index (χ1) is 26.3. The van der Waals surface area contributed by atoms with Crippen molar-refractivity contribution in [3.05, 3.63) is 167 Å². The minimum absolute atomic E-state index is 0.0120. The molecule has 0 aromatic heterocycles. The monoisotopic (exact) mass is 727 g/mol. The van der Waals surface area contributed by atoms with Gasteiger partial charge in [-0.3, -0.25) is 4.90 Å². The molecular formula is C45H49N3O6. The van der Waals surface area contributed by atoms with Crippen LogP contribution in [0.1, 0.15) is 52.7 Å². The molecule has 2 amide bonds. The summed E-state index contributed by atoms with van der Waals surface area (Å²) in [6.45, 7) is 3.95. The fraction of sp³-hybridized carbons (Fsp3) is 0.289. The lowest BCUT2D eigenvalue weighted by Crippen LogP contribution is -2.47. The van der Waals surface area contributed by atoms with E-state index in [4.69, 9.17) is 14.2 Å². The summed E-state index contributed by atoms with van der Waals surface area (Å²) < 4.78 is 18.5. The molecule has 6 rings (SSSR count). The molecule has 0 aliphatic carbocycles. The molecule has 0 bridgehead atoms. The largest absolute Gasteiger partial charge is 0.467 e. The van der Waals surface area contributed by atoms with Gasteiger partial charge in [0.2, 0.25) is 0 Å². The Morgan fingerprint density at radius 1 is 0.759 bits per heavy atom. The molecule has 280 valence electrons. The number of ether oxygens (including phenoxy) is 3. The summed E-state index contributed by atoms with van der Waals surface area (Å²) in [7, 11) is 3.43. The average molecular weight is 728 g/mol. The summed E-state index contributed by atoms with van der Waals surface area (Å²) in [5, 5.41) is 15.3. The first-order valence-electron chi connectivity index (χ1n) is 18.4. The van der Waals surface area contributed by atoms with Crippen LogP contribution in [0.4, 0.5) is 4.79 Å². The summed E-state index contributed by atoms with van der Waals surface area (Å²) in [4.78, 5) is 27.6. The summed E-state index contributed by atoms with van der Waals surface area (Å²) >= 11 is 0. The van der Waals surface area contributed by atoms with Crippen molar-refractivity contribution in [2.75, 3.05) is 20.7 Å². The van der Waals surface area contributed by atoms with Crippen molar-refractivity contribution in [3.63, 3.8) is 0 Å². The van der Waals surface area contributed by atoms with Crippen LogP contribution in [0.25, 0.3) is 11.1 Å². The predicted molar refractivity (Wildman–Crippen MR) is 209 cm³/mol. The normalized spacial score (nSPS) is 18.8. The molecule has 5 unspecified atom stereocenters. The minimum Gasteiger partial charge on any atom is -0.467 e. The van der Waals surface area contributed by atoms with Crippen LogP contribution in [0.5, 0.6) is 0 Å². The van der Waals surface area contributed by atoms with Gasteiger partial charge in [-0.05, 0) is 58.1 Å². The van der Waals surface area contributed by atoms with Crippen molar-refractivity contribution in [2.24, 2.45) is 5.92 Å². The van der Waals surface area contributed by atoms with Crippen LogP contribution in [-0.2, 0) is 45.1 Å². The summed E-state index contributed by atoms with van der Waals surface area (Å²) in [5.41, 5.74) is 7.83. The zero-order chi connectivity index (χ0) is 37.9. The molecular weight excluding hydrogens is 679 g/mol. The number of amides is 2. The number of nitrogens with zero attached hydrogens (tertiary/aromatic N) is 1. The number of rotatable bonds is 14. The van der Waals surface area contributed by atoms with Crippen molar-refractivity contribution in [3.8, 4) is 11.1 Å². The maximum Gasteiger partial charge on any atom is 0.328 e. The van der Waals surface area contributed by atoms with Gasteiger partial charge in [-0.2, -0.15) is 0 Å². The van der Waals surface area contributed by atoms with Gasteiger partial charge < -0.3 is 30.0 Å². The Morgan fingerprint density at radius 3 is 2.09 bits per heavy atom. The number of benzene rings is 5. The number of hydrogen-bond donors (Lipinski definition) is 3. The maximum absolute atomic E-state index is 12.9. The van der Waals surface area contributed by atoms with E-state index >= 15 is 0 Å². The van der Waals surface area contributed by atoms with Crippen molar-refractivity contribution < 1.29 is 28.9 Å². The number of methoxy groups -OCH3 is 1. The summed E-state index contributed by atoms with van der Waals surface area (Å²) in [6, 6.07) is 42.8. The molecule has 1 aliphatic rings. The molecule has 1 heterocycles. The van der Waals surface area contributed by atoms with Crippen LogP contribution in [0.2, 0.25) is 0 Å². The molecule has 0 radical (unpaired) electrons. The highest BCUT2D eigenvalue weighted by Gasteiger charge is 2.39.